The van der Waals surface area contributed by atoms with Gasteiger partial charge in [0.2, 0.25) is 0 Å². The second kappa shape index (κ2) is 6.01. The van der Waals surface area contributed by atoms with Crippen LogP contribution in [0.5, 0.6) is 0 Å². The first kappa shape index (κ1) is 15.2. The molecule has 0 saturated carbocycles. The van der Waals surface area contributed by atoms with Crippen LogP contribution in [0, 0.1) is 12.8 Å². The van der Waals surface area contributed by atoms with E-state index in [4.69, 9.17) is 9.15 Å². The maximum absolute atomic E-state index is 6.31. The lowest BCUT2D eigenvalue weighted by atomic mass is 9.88. The van der Waals surface area contributed by atoms with Gasteiger partial charge in [0.25, 0.3) is 0 Å². The molecule has 3 aliphatic rings. The van der Waals surface area contributed by atoms with Gasteiger partial charge in [0, 0.05) is 29.6 Å². The summed E-state index contributed by atoms with van der Waals surface area (Å²) in [4.78, 5) is 2.63. The number of nitrogens with zero attached hydrogens (tertiary/aromatic N) is 1. The highest BCUT2D eigenvalue weighted by Gasteiger charge is 2.41. The van der Waals surface area contributed by atoms with E-state index < -0.39 is 0 Å². The fourth-order valence-electron chi connectivity index (χ4n) is 4.65. The quantitative estimate of drug-likeness (QED) is 0.778. The molecule has 25 heavy (non-hydrogen) atoms. The smallest absolute Gasteiger partial charge is 0.139 e. The van der Waals surface area contributed by atoms with E-state index in [1.807, 2.05) is 0 Å². The van der Waals surface area contributed by atoms with Crippen molar-refractivity contribution in [1.82, 2.24) is 4.90 Å². The zero-order valence-electron chi connectivity index (χ0n) is 14.5. The number of furan rings is 1. The Hall–Kier alpha value is -2.10. The zero-order valence-corrected chi connectivity index (χ0v) is 14.5. The SMILES string of the molecule is Cc1oc(-c2ccccc2)c2c1CC1C=CC=CC1N1CCOC[C@@H]21. The average Bonchev–Trinajstić information content (AvgIpc) is 2.91. The molecular formula is C22H23NO2. The Bertz CT molecular complexity index is 833. The molecule has 1 saturated heterocycles. The molecule has 0 N–H and O–H groups in total. The minimum atomic E-state index is 0.266. The lowest BCUT2D eigenvalue weighted by molar-refractivity contribution is -0.0255. The summed E-state index contributed by atoms with van der Waals surface area (Å²) in [5.41, 5.74) is 3.89. The van der Waals surface area contributed by atoms with Crippen LogP contribution >= 0.6 is 0 Å². The molecule has 0 bridgehead atoms. The molecule has 5 rings (SSSR count). The Balaban J connectivity index is 1.70. The number of morpholine rings is 1. The molecule has 0 amide bonds. The molecule has 3 atom stereocenters. The van der Waals surface area contributed by atoms with Crippen molar-refractivity contribution in [3.63, 3.8) is 0 Å². The summed E-state index contributed by atoms with van der Waals surface area (Å²) < 4.78 is 12.2. The number of rotatable bonds is 1. The van der Waals surface area contributed by atoms with Crippen LogP contribution in [0.4, 0.5) is 0 Å². The van der Waals surface area contributed by atoms with Crippen molar-refractivity contribution in [2.75, 3.05) is 19.8 Å². The topological polar surface area (TPSA) is 25.6 Å². The number of allylic oxidation sites excluding steroid dienone is 2. The maximum Gasteiger partial charge on any atom is 0.139 e. The lowest BCUT2D eigenvalue weighted by Gasteiger charge is -2.41. The van der Waals surface area contributed by atoms with Gasteiger partial charge in [-0.05, 0) is 18.9 Å². The summed E-state index contributed by atoms with van der Waals surface area (Å²) >= 11 is 0. The number of benzene rings is 1. The Kier molecular flexibility index (Phi) is 3.65. The van der Waals surface area contributed by atoms with Crippen LogP contribution in [-0.2, 0) is 11.2 Å². The third-order valence-electron chi connectivity index (χ3n) is 5.83. The Labute approximate surface area is 148 Å². The third-order valence-corrected chi connectivity index (χ3v) is 5.83. The molecule has 1 aromatic heterocycles. The van der Waals surface area contributed by atoms with Gasteiger partial charge < -0.3 is 9.15 Å². The second-order valence-electron chi connectivity index (χ2n) is 7.20. The maximum atomic E-state index is 6.31. The molecule has 3 heteroatoms. The predicted molar refractivity (Wildman–Crippen MR) is 98.4 cm³/mol. The van der Waals surface area contributed by atoms with Crippen LogP contribution in [-0.4, -0.2) is 30.7 Å². The molecule has 3 heterocycles. The molecule has 2 aliphatic heterocycles. The summed E-state index contributed by atoms with van der Waals surface area (Å²) in [6.07, 6.45) is 10.1. The Morgan fingerprint density at radius 1 is 1.08 bits per heavy atom. The van der Waals surface area contributed by atoms with E-state index in [1.165, 1.54) is 11.1 Å². The van der Waals surface area contributed by atoms with Gasteiger partial charge in [-0.2, -0.15) is 0 Å². The molecule has 0 spiro atoms. The molecule has 2 aromatic rings. The van der Waals surface area contributed by atoms with Gasteiger partial charge in [-0.3, -0.25) is 4.90 Å². The Morgan fingerprint density at radius 3 is 2.80 bits per heavy atom. The van der Waals surface area contributed by atoms with E-state index in [9.17, 15) is 0 Å². The first-order valence-corrected chi connectivity index (χ1v) is 9.19. The van der Waals surface area contributed by atoms with Gasteiger partial charge in [-0.15, -0.1) is 0 Å². The van der Waals surface area contributed by atoms with Crippen LogP contribution in [0.3, 0.4) is 0 Å². The van der Waals surface area contributed by atoms with E-state index in [0.717, 1.165) is 43.3 Å². The first-order chi connectivity index (χ1) is 12.3. The molecule has 1 aliphatic carbocycles. The minimum Gasteiger partial charge on any atom is -0.461 e. The highest BCUT2D eigenvalue weighted by molar-refractivity contribution is 5.65. The van der Waals surface area contributed by atoms with Crippen molar-refractivity contribution in [2.45, 2.75) is 25.4 Å². The average molecular weight is 333 g/mol. The van der Waals surface area contributed by atoms with Crippen molar-refractivity contribution in [3.8, 4) is 11.3 Å². The first-order valence-electron chi connectivity index (χ1n) is 9.19. The number of ether oxygens (including phenoxy) is 1. The fraction of sp³-hybridized carbons (Fsp3) is 0.364. The van der Waals surface area contributed by atoms with Crippen molar-refractivity contribution in [1.29, 1.82) is 0 Å². The fourth-order valence-corrected chi connectivity index (χ4v) is 4.65. The summed E-state index contributed by atoms with van der Waals surface area (Å²) in [5, 5.41) is 0. The summed E-state index contributed by atoms with van der Waals surface area (Å²) in [5.74, 6) is 2.59. The van der Waals surface area contributed by atoms with E-state index in [0.29, 0.717) is 12.0 Å². The van der Waals surface area contributed by atoms with Gasteiger partial charge in [0.05, 0.1) is 19.3 Å². The molecular weight excluding hydrogens is 310 g/mol. The van der Waals surface area contributed by atoms with Gasteiger partial charge in [0.15, 0.2) is 0 Å². The van der Waals surface area contributed by atoms with Gasteiger partial charge in [-0.25, -0.2) is 0 Å². The van der Waals surface area contributed by atoms with Gasteiger partial charge >= 0.3 is 0 Å². The van der Waals surface area contributed by atoms with E-state index in [2.05, 4.69) is 66.5 Å². The summed E-state index contributed by atoms with van der Waals surface area (Å²) in [7, 11) is 0. The molecule has 1 aromatic carbocycles. The molecule has 1 fully saturated rings. The standard InChI is InChI=1S/C22H23NO2/c1-15-18-13-17-9-5-6-10-19(17)23-11-12-24-14-20(23)21(18)22(25-15)16-7-3-2-4-8-16/h2-10,17,19-20H,11-14H2,1H3/t17?,19?,20-/m0/s1. The van der Waals surface area contributed by atoms with Crippen molar-refractivity contribution >= 4 is 0 Å². The van der Waals surface area contributed by atoms with Crippen LogP contribution in [0.2, 0.25) is 0 Å². The number of hydrogen-bond acceptors (Lipinski definition) is 3. The minimum absolute atomic E-state index is 0.266. The normalized spacial score (nSPS) is 28.1. The largest absolute Gasteiger partial charge is 0.461 e. The van der Waals surface area contributed by atoms with Crippen LogP contribution in [0.1, 0.15) is 22.9 Å². The molecule has 0 radical (unpaired) electrons. The lowest BCUT2D eigenvalue weighted by Crippen LogP contribution is -2.47. The molecule has 3 nitrogen and oxygen atoms in total. The van der Waals surface area contributed by atoms with Crippen LogP contribution < -0.4 is 0 Å². The predicted octanol–water partition coefficient (Wildman–Crippen LogP) is 4.30. The summed E-state index contributed by atoms with van der Waals surface area (Å²) in [6.45, 7) is 4.64. The monoisotopic (exact) mass is 333 g/mol. The van der Waals surface area contributed by atoms with E-state index in [-0.39, 0.29) is 6.04 Å². The highest BCUT2D eigenvalue weighted by Crippen LogP contribution is 2.45. The van der Waals surface area contributed by atoms with E-state index in [1.54, 1.807) is 0 Å². The van der Waals surface area contributed by atoms with Crippen LogP contribution in [0.15, 0.2) is 59.1 Å². The molecule has 128 valence electrons. The molecule has 2 unspecified atom stereocenters. The number of hydrogen-bond donors (Lipinski definition) is 0. The van der Waals surface area contributed by atoms with Crippen molar-refractivity contribution < 1.29 is 9.15 Å². The second-order valence-corrected chi connectivity index (χ2v) is 7.20. The van der Waals surface area contributed by atoms with E-state index >= 15 is 0 Å². The van der Waals surface area contributed by atoms with Crippen molar-refractivity contribution in [2.24, 2.45) is 5.92 Å². The van der Waals surface area contributed by atoms with Crippen LogP contribution in [0.25, 0.3) is 11.3 Å². The third kappa shape index (κ3) is 2.42. The zero-order chi connectivity index (χ0) is 16.8. The number of aryl methyl sites for hydroxylation is 1. The van der Waals surface area contributed by atoms with Crippen molar-refractivity contribution in [3.05, 3.63) is 71.5 Å². The van der Waals surface area contributed by atoms with Gasteiger partial charge in [-0.1, -0.05) is 54.6 Å². The Morgan fingerprint density at radius 2 is 1.92 bits per heavy atom. The summed E-state index contributed by atoms with van der Waals surface area (Å²) in [6, 6.07) is 11.2. The van der Waals surface area contributed by atoms with Gasteiger partial charge in [0.1, 0.15) is 11.5 Å². The number of fused-ring (bicyclic) bond motifs is 5. The highest BCUT2D eigenvalue weighted by atomic mass is 16.5.